The van der Waals surface area contributed by atoms with Crippen molar-refractivity contribution >= 4 is 39.6 Å². The van der Waals surface area contributed by atoms with E-state index in [4.69, 9.17) is 4.74 Å². The van der Waals surface area contributed by atoms with Crippen LogP contribution < -0.4 is 9.64 Å². The summed E-state index contributed by atoms with van der Waals surface area (Å²) in [5.74, 6) is -1.27. The minimum absolute atomic E-state index is 0.0286. The topological polar surface area (TPSA) is 97.0 Å². The number of carbonyl (C=O) groups excluding carboxylic acids is 2. The second-order valence-electron chi connectivity index (χ2n) is 8.81. The summed E-state index contributed by atoms with van der Waals surface area (Å²) in [5, 5.41) is 13.7. The number of imidazole rings is 1. The molecule has 3 aromatic heterocycles. The SMILES string of the molecule is Cc1nc2ccccn2c1/C(O)=C1\C(=O)C(=O)N(c2nccs2)C1c1cccc(OCc2ccccc2)c1. The van der Waals surface area contributed by atoms with E-state index in [9.17, 15) is 14.7 Å². The predicted octanol–water partition coefficient (Wildman–Crippen LogP) is 5.30. The molecule has 6 rings (SSSR count). The van der Waals surface area contributed by atoms with Gasteiger partial charge in [0.05, 0.1) is 17.3 Å². The van der Waals surface area contributed by atoms with Gasteiger partial charge in [-0.3, -0.25) is 18.9 Å². The van der Waals surface area contributed by atoms with Gasteiger partial charge in [0, 0.05) is 17.8 Å². The van der Waals surface area contributed by atoms with Crippen LogP contribution in [0.3, 0.4) is 0 Å². The second-order valence-corrected chi connectivity index (χ2v) is 9.68. The number of aliphatic hydroxyl groups is 1. The van der Waals surface area contributed by atoms with Crippen molar-refractivity contribution in [1.29, 1.82) is 0 Å². The molecule has 38 heavy (non-hydrogen) atoms. The van der Waals surface area contributed by atoms with Gasteiger partial charge in [-0.1, -0.05) is 48.5 Å². The van der Waals surface area contributed by atoms with Crippen molar-refractivity contribution in [3.8, 4) is 5.75 Å². The van der Waals surface area contributed by atoms with Crippen molar-refractivity contribution in [2.45, 2.75) is 19.6 Å². The molecule has 0 spiro atoms. The molecular weight excluding hydrogens is 500 g/mol. The number of ketones is 1. The highest BCUT2D eigenvalue weighted by Gasteiger charge is 2.48. The van der Waals surface area contributed by atoms with Crippen molar-refractivity contribution in [3.05, 3.63) is 119 Å². The van der Waals surface area contributed by atoms with Crippen LogP contribution in [-0.4, -0.2) is 31.2 Å². The number of fused-ring (bicyclic) bond motifs is 1. The highest BCUT2D eigenvalue weighted by molar-refractivity contribution is 7.14. The molecule has 1 fully saturated rings. The first-order valence-corrected chi connectivity index (χ1v) is 12.8. The van der Waals surface area contributed by atoms with Gasteiger partial charge in [0.1, 0.15) is 23.7 Å². The minimum Gasteiger partial charge on any atom is -0.505 e. The van der Waals surface area contributed by atoms with E-state index < -0.39 is 17.7 Å². The first-order valence-electron chi connectivity index (χ1n) is 11.9. The van der Waals surface area contributed by atoms with Crippen LogP contribution in [0, 0.1) is 6.92 Å². The Hall–Kier alpha value is -4.76. The van der Waals surface area contributed by atoms with Crippen molar-refractivity contribution in [2.75, 3.05) is 4.90 Å². The van der Waals surface area contributed by atoms with Crippen LogP contribution in [0.15, 0.2) is 96.1 Å². The molecular formula is C29H22N4O4S. The molecule has 1 aliphatic heterocycles. The Balaban J connectivity index is 1.49. The Kier molecular flexibility index (Phi) is 5.97. The van der Waals surface area contributed by atoms with E-state index in [2.05, 4.69) is 9.97 Å². The maximum absolute atomic E-state index is 13.5. The maximum Gasteiger partial charge on any atom is 0.301 e. The molecule has 1 unspecified atom stereocenters. The molecule has 2 aromatic carbocycles. The number of aliphatic hydroxyl groups excluding tert-OH is 1. The third-order valence-electron chi connectivity index (χ3n) is 6.42. The Morgan fingerprint density at radius 3 is 2.66 bits per heavy atom. The van der Waals surface area contributed by atoms with Crippen molar-refractivity contribution < 1.29 is 19.4 Å². The number of carbonyl (C=O) groups is 2. The fourth-order valence-corrected chi connectivity index (χ4v) is 5.39. The second kappa shape index (κ2) is 9.60. The third-order valence-corrected chi connectivity index (χ3v) is 7.19. The number of amides is 1. The lowest BCUT2D eigenvalue weighted by Gasteiger charge is -2.23. The summed E-state index contributed by atoms with van der Waals surface area (Å²) in [6, 6.07) is 21.5. The van der Waals surface area contributed by atoms with Crippen LogP contribution in [-0.2, 0) is 16.2 Å². The summed E-state index contributed by atoms with van der Waals surface area (Å²) in [6.07, 6.45) is 3.33. The van der Waals surface area contributed by atoms with Crippen LogP contribution in [0.5, 0.6) is 5.75 Å². The van der Waals surface area contributed by atoms with E-state index in [0.717, 1.165) is 5.56 Å². The molecule has 5 aromatic rings. The molecule has 9 heteroatoms. The number of hydrogen-bond acceptors (Lipinski definition) is 7. The molecule has 0 radical (unpaired) electrons. The van der Waals surface area contributed by atoms with Gasteiger partial charge in [-0.25, -0.2) is 9.97 Å². The van der Waals surface area contributed by atoms with Crippen molar-refractivity contribution in [1.82, 2.24) is 14.4 Å². The molecule has 1 aliphatic rings. The fourth-order valence-electron chi connectivity index (χ4n) is 4.72. The van der Waals surface area contributed by atoms with Crippen LogP contribution in [0.4, 0.5) is 5.13 Å². The Morgan fingerprint density at radius 2 is 1.87 bits per heavy atom. The molecule has 0 aliphatic carbocycles. The fraction of sp³-hybridized carbons (Fsp3) is 0.103. The summed E-state index contributed by atoms with van der Waals surface area (Å²) in [6.45, 7) is 2.12. The maximum atomic E-state index is 13.5. The van der Waals surface area contributed by atoms with Gasteiger partial charge >= 0.3 is 5.91 Å². The average Bonchev–Trinajstić information content (AvgIpc) is 3.64. The van der Waals surface area contributed by atoms with Gasteiger partial charge in [-0.15, -0.1) is 11.3 Å². The van der Waals surface area contributed by atoms with E-state index in [-0.39, 0.29) is 11.3 Å². The standard InChI is InChI=1S/C29H22N4O4S/c1-18-24(32-14-6-5-12-22(32)31-18)26(34)23-25(33(28(36)27(23)35)29-30-13-15-38-29)20-10-7-11-21(16-20)37-17-19-8-3-2-4-9-19/h2-16,25,34H,17H2,1H3/b26-23+. The summed E-state index contributed by atoms with van der Waals surface area (Å²) in [7, 11) is 0. The molecule has 188 valence electrons. The lowest BCUT2D eigenvalue weighted by Crippen LogP contribution is -2.29. The smallest absolute Gasteiger partial charge is 0.301 e. The Morgan fingerprint density at radius 1 is 1.05 bits per heavy atom. The van der Waals surface area contributed by atoms with Crippen LogP contribution >= 0.6 is 11.3 Å². The van der Waals surface area contributed by atoms with Crippen LogP contribution in [0.25, 0.3) is 11.4 Å². The summed E-state index contributed by atoms with van der Waals surface area (Å²) < 4.78 is 7.73. The third kappa shape index (κ3) is 4.03. The molecule has 1 saturated heterocycles. The monoisotopic (exact) mass is 522 g/mol. The zero-order chi connectivity index (χ0) is 26.2. The minimum atomic E-state index is -0.907. The normalized spacial score (nSPS) is 16.9. The lowest BCUT2D eigenvalue weighted by atomic mass is 9.96. The summed E-state index contributed by atoms with van der Waals surface area (Å²) >= 11 is 1.24. The highest BCUT2D eigenvalue weighted by atomic mass is 32.1. The number of anilines is 1. The molecule has 8 nitrogen and oxygen atoms in total. The van der Waals surface area contributed by atoms with Crippen LogP contribution in [0.2, 0.25) is 0 Å². The van der Waals surface area contributed by atoms with E-state index >= 15 is 0 Å². The van der Waals surface area contributed by atoms with Crippen molar-refractivity contribution in [2.24, 2.45) is 0 Å². The van der Waals surface area contributed by atoms with Gasteiger partial charge in [0.2, 0.25) is 0 Å². The Bertz CT molecular complexity index is 1690. The van der Waals surface area contributed by atoms with E-state index in [1.54, 1.807) is 47.3 Å². The van der Waals surface area contributed by atoms with Gasteiger partial charge in [0.25, 0.3) is 5.78 Å². The average molecular weight is 523 g/mol. The quantitative estimate of drug-likeness (QED) is 0.185. The summed E-state index contributed by atoms with van der Waals surface area (Å²) in [4.78, 5) is 37.0. The van der Waals surface area contributed by atoms with Gasteiger partial charge < -0.3 is 9.84 Å². The molecule has 4 heterocycles. The number of ether oxygens (including phenoxy) is 1. The lowest BCUT2D eigenvalue weighted by molar-refractivity contribution is -0.132. The van der Waals surface area contributed by atoms with Gasteiger partial charge in [-0.2, -0.15) is 0 Å². The Labute approximate surface area is 222 Å². The first-order chi connectivity index (χ1) is 18.5. The number of aryl methyl sites for hydroxylation is 1. The molecule has 1 N–H and O–H groups in total. The largest absolute Gasteiger partial charge is 0.505 e. The number of aromatic nitrogens is 3. The number of hydrogen-bond donors (Lipinski definition) is 1. The molecule has 1 amide bonds. The number of thiazole rings is 1. The zero-order valence-corrected chi connectivity index (χ0v) is 21.1. The van der Waals surface area contributed by atoms with E-state index in [1.165, 1.54) is 16.2 Å². The number of benzene rings is 2. The number of rotatable bonds is 6. The van der Waals surface area contributed by atoms with Gasteiger partial charge in [0.15, 0.2) is 10.9 Å². The number of nitrogens with zero attached hydrogens (tertiary/aromatic N) is 4. The number of pyridine rings is 1. The van der Waals surface area contributed by atoms with E-state index in [0.29, 0.717) is 40.1 Å². The molecule has 1 atom stereocenters. The zero-order valence-electron chi connectivity index (χ0n) is 20.3. The highest BCUT2D eigenvalue weighted by Crippen LogP contribution is 2.43. The summed E-state index contributed by atoms with van der Waals surface area (Å²) in [5.41, 5.74) is 3.10. The number of Topliss-reactive ketones (excluding diaryl/α,β-unsaturated/α-hetero) is 1. The predicted molar refractivity (Wildman–Crippen MR) is 144 cm³/mol. The van der Waals surface area contributed by atoms with Gasteiger partial charge in [-0.05, 0) is 42.3 Å². The van der Waals surface area contributed by atoms with Crippen molar-refractivity contribution in [3.63, 3.8) is 0 Å². The molecule has 0 bridgehead atoms. The molecule has 0 saturated carbocycles. The first kappa shape index (κ1) is 23.6. The van der Waals surface area contributed by atoms with Crippen LogP contribution in [0.1, 0.15) is 28.6 Å². The van der Waals surface area contributed by atoms with E-state index in [1.807, 2.05) is 54.6 Å².